The molecular formula is C20H29BrO3. The molecule has 1 N–H and O–H groups in total. The van der Waals surface area contributed by atoms with Crippen LogP contribution in [0, 0.1) is 23.2 Å². The van der Waals surface area contributed by atoms with E-state index in [4.69, 9.17) is 4.74 Å². The summed E-state index contributed by atoms with van der Waals surface area (Å²) in [5.74, 6) is 2.14. The van der Waals surface area contributed by atoms with Gasteiger partial charge in [0.05, 0.1) is 0 Å². The number of halogens is 1. The van der Waals surface area contributed by atoms with E-state index in [1.807, 2.05) is 0 Å². The van der Waals surface area contributed by atoms with Gasteiger partial charge in [0.1, 0.15) is 5.76 Å². The number of allylic oxidation sites excluding steroid dienone is 2. The normalized spacial score (nSPS) is 42.0. The van der Waals surface area contributed by atoms with Crippen LogP contribution in [0.2, 0.25) is 0 Å². The lowest BCUT2D eigenvalue weighted by molar-refractivity contribution is -0.150. The fourth-order valence-electron chi connectivity index (χ4n) is 5.46. The maximum Gasteiger partial charge on any atom is 0.347 e. The fourth-order valence-corrected chi connectivity index (χ4v) is 6.01. The summed E-state index contributed by atoms with van der Waals surface area (Å²) in [6, 6.07) is 0. The monoisotopic (exact) mass is 396 g/mol. The summed E-state index contributed by atoms with van der Waals surface area (Å²) in [6.45, 7) is 6.32. The summed E-state index contributed by atoms with van der Waals surface area (Å²) in [5, 5.41) is 9.90. The molecule has 0 aromatic heterocycles. The largest absolute Gasteiger partial charge is 0.429 e. The number of ether oxygens (including phenoxy) is 1. The number of hydrogen-bond donors (Lipinski definition) is 1. The van der Waals surface area contributed by atoms with E-state index in [1.54, 1.807) is 11.6 Å². The van der Waals surface area contributed by atoms with E-state index in [0.717, 1.165) is 24.7 Å². The molecule has 1 unspecified atom stereocenters. The first-order chi connectivity index (χ1) is 11.3. The minimum atomic E-state index is -1.44. The number of fused-ring (bicyclic) bond motifs is 1. The predicted octanol–water partition coefficient (Wildman–Crippen LogP) is 5.09. The highest BCUT2D eigenvalue weighted by atomic mass is 79.9. The van der Waals surface area contributed by atoms with Crippen molar-refractivity contribution >= 4 is 21.9 Å². The predicted molar refractivity (Wildman–Crippen MR) is 98.4 cm³/mol. The number of esters is 1. The van der Waals surface area contributed by atoms with Crippen LogP contribution in [-0.2, 0) is 9.53 Å². The Morgan fingerprint density at radius 3 is 2.83 bits per heavy atom. The molecule has 1 heterocycles. The lowest BCUT2D eigenvalue weighted by atomic mass is 9.61. The summed E-state index contributed by atoms with van der Waals surface area (Å²) < 4.78 is 5.21. The summed E-state index contributed by atoms with van der Waals surface area (Å²) in [7, 11) is 0. The van der Waals surface area contributed by atoms with Crippen molar-refractivity contribution in [3.8, 4) is 0 Å². The van der Waals surface area contributed by atoms with Crippen molar-refractivity contribution in [2.75, 3.05) is 0 Å². The zero-order chi connectivity index (χ0) is 17.5. The molecule has 3 rings (SSSR count). The Balaban J connectivity index is 1.64. The van der Waals surface area contributed by atoms with Crippen LogP contribution in [0.5, 0.6) is 0 Å². The van der Waals surface area contributed by atoms with E-state index in [2.05, 4.69) is 34.8 Å². The Labute approximate surface area is 153 Å². The maximum absolute atomic E-state index is 11.6. The van der Waals surface area contributed by atoms with E-state index in [1.165, 1.54) is 39.0 Å². The smallest absolute Gasteiger partial charge is 0.347 e. The second kappa shape index (κ2) is 6.60. The number of aliphatic hydroxyl groups is 1. The topological polar surface area (TPSA) is 46.5 Å². The first-order valence-corrected chi connectivity index (χ1v) is 10.1. The van der Waals surface area contributed by atoms with Crippen LogP contribution in [0.25, 0.3) is 0 Å². The van der Waals surface area contributed by atoms with Crippen LogP contribution < -0.4 is 0 Å². The standard InChI is InChI=1S/C20H29BrO3/c1-13(6-7-15-11-20(3,23)18(22)24-15)16-8-9-17-14(12-21)5-4-10-19(16,17)2/h11-13,16-17,23H,4-10H2,1-3H3/t13-,16-,17?,19-,20+/m1/s1. The average molecular weight is 397 g/mol. The summed E-state index contributed by atoms with van der Waals surface area (Å²) >= 11 is 3.58. The average Bonchev–Trinajstić information content (AvgIpc) is 3.00. The van der Waals surface area contributed by atoms with Crippen molar-refractivity contribution < 1.29 is 14.6 Å². The van der Waals surface area contributed by atoms with E-state index >= 15 is 0 Å². The molecule has 0 aromatic carbocycles. The van der Waals surface area contributed by atoms with Crippen molar-refractivity contribution in [2.45, 2.75) is 71.3 Å². The van der Waals surface area contributed by atoms with Crippen molar-refractivity contribution in [3.05, 3.63) is 22.4 Å². The van der Waals surface area contributed by atoms with Crippen molar-refractivity contribution in [1.82, 2.24) is 0 Å². The summed E-state index contributed by atoms with van der Waals surface area (Å²) in [5.41, 5.74) is 0.563. The van der Waals surface area contributed by atoms with Crippen molar-refractivity contribution in [1.29, 1.82) is 0 Å². The van der Waals surface area contributed by atoms with Gasteiger partial charge in [0.15, 0.2) is 5.60 Å². The van der Waals surface area contributed by atoms with Gasteiger partial charge in [0.25, 0.3) is 0 Å². The lowest BCUT2D eigenvalue weighted by Gasteiger charge is -2.44. The molecule has 2 fully saturated rings. The molecule has 3 aliphatic rings. The van der Waals surface area contributed by atoms with E-state index in [0.29, 0.717) is 17.1 Å². The lowest BCUT2D eigenvalue weighted by Crippen LogP contribution is -2.35. The van der Waals surface area contributed by atoms with E-state index in [-0.39, 0.29) is 0 Å². The molecule has 2 saturated carbocycles. The molecule has 2 aliphatic carbocycles. The van der Waals surface area contributed by atoms with Gasteiger partial charge in [-0.15, -0.1) is 0 Å². The van der Waals surface area contributed by atoms with Gasteiger partial charge in [-0.25, -0.2) is 4.79 Å². The molecule has 134 valence electrons. The number of carbonyl (C=O) groups is 1. The zero-order valence-corrected chi connectivity index (χ0v) is 16.6. The number of rotatable bonds is 4. The maximum atomic E-state index is 11.6. The molecule has 0 aromatic rings. The Morgan fingerprint density at radius 1 is 1.46 bits per heavy atom. The van der Waals surface area contributed by atoms with Crippen molar-refractivity contribution in [3.63, 3.8) is 0 Å². The molecular weight excluding hydrogens is 368 g/mol. The second-order valence-electron chi connectivity index (χ2n) is 8.44. The van der Waals surface area contributed by atoms with Crippen molar-refractivity contribution in [2.24, 2.45) is 23.2 Å². The van der Waals surface area contributed by atoms with Crippen LogP contribution in [-0.4, -0.2) is 16.7 Å². The number of cyclic esters (lactones) is 1. The first-order valence-electron chi connectivity index (χ1n) is 9.23. The third-order valence-corrected chi connectivity index (χ3v) is 7.38. The Hall–Kier alpha value is -0.610. The van der Waals surface area contributed by atoms with Gasteiger partial charge >= 0.3 is 5.97 Å². The highest BCUT2D eigenvalue weighted by molar-refractivity contribution is 9.11. The van der Waals surface area contributed by atoms with Crippen LogP contribution in [0.1, 0.15) is 65.7 Å². The summed E-state index contributed by atoms with van der Waals surface area (Å²) in [6.07, 6.45) is 9.77. The zero-order valence-electron chi connectivity index (χ0n) is 15.0. The van der Waals surface area contributed by atoms with Gasteiger partial charge in [-0.1, -0.05) is 35.4 Å². The van der Waals surface area contributed by atoms with Gasteiger partial charge in [0.2, 0.25) is 0 Å². The third kappa shape index (κ3) is 3.12. The molecule has 0 spiro atoms. The second-order valence-corrected chi connectivity index (χ2v) is 8.90. The Morgan fingerprint density at radius 2 is 2.21 bits per heavy atom. The van der Waals surface area contributed by atoms with Crippen LogP contribution >= 0.6 is 15.9 Å². The number of carbonyl (C=O) groups excluding carboxylic acids is 1. The molecule has 24 heavy (non-hydrogen) atoms. The molecule has 0 amide bonds. The number of hydrogen-bond acceptors (Lipinski definition) is 3. The summed E-state index contributed by atoms with van der Waals surface area (Å²) in [4.78, 5) is 13.8. The SMILES string of the molecule is C[C@H](CCC1=C[C@](C)(O)C(=O)O1)[C@H]1CCC2C(=CBr)CCC[C@@]21C. The minimum absolute atomic E-state index is 0.406. The minimum Gasteiger partial charge on any atom is -0.429 e. The van der Waals surface area contributed by atoms with Gasteiger partial charge in [-0.3, -0.25) is 0 Å². The molecule has 4 heteroatoms. The quantitative estimate of drug-likeness (QED) is 0.673. The Bertz CT molecular complexity index is 577. The fraction of sp³-hybridized carbons (Fsp3) is 0.750. The first kappa shape index (κ1) is 18.2. The van der Waals surface area contributed by atoms with Gasteiger partial charge in [-0.05, 0) is 79.7 Å². The highest BCUT2D eigenvalue weighted by Crippen LogP contribution is 2.60. The molecule has 5 atom stereocenters. The van der Waals surface area contributed by atoms with Gasteiger partial charge in [-0.2, -0.15) is 0 Å². The Kier molecular flexibility index (Phi) is 5.00. The molecule has 0 bridgehead atoms. The molecule has 0 radical (unpaired) electrons. The van der Waals surface area contributed by atoms with Crippen LogP contribution in [0.15, 0.2) is 22.4 Å². The van der Waals surface area contributed by atoms with Crippen LogP contribution in [0.4, 0.5) is 0 Å². The molecule has 0 saturated heterocycles. The van der Waals surface area contributed by atoms with E-state index in [9.17, 15) is 9.90 Å². The van der Waals surface area contributed by atoms with Crippen LogP contribution in [0.3, 0.4) is 0 Å². The third-order valence-electron chi connectivity index (χ3n) is 6.79. The van der Waals surface area contributed by atoms with E-state index < -0.39 is 11.6 Å². The highest BCUT2D eigenvalue weighted by Gasteiger charge is 2.50. The molecule has 3 nitrogen and oxygen atoms in total. The van der Waals surface area contributed by atoms with Gasteiger partial charge < -0.3 is 9.84 Å². The molecule has 1 aliphatic heterocycles. The van der Waals surface area contributed by atoms with Gasteiger partial charge in [0, 0.05) is 6.42 Å².